The van der Waals surface area contributed by atoms with Crippen molar-refractivity contribution in [3.05, 3.63) is 66.6 Å². The van der Waals surface area contributed by atoms with Gasteiger partial charge in [0.05, 0.1) is 24.1 Å². The topological polar surface area (TPSA) is 48.7 Å². The molecule has 0 spiro atoms. The van der Waals surface area contributed by atoms with Gasteiger partial charge in [-0.3, -0.25) is 4.40 Å². The maximum Gasteiger partial charge on any atom is 0.213 e. The van der Waals surface area contributed by atoms with Crippen LogP contribution in [0.3, 0.4) is 0 Å². The third-order valence-corrected chi connectivity index (χ3v) is 4.78. The molecule has 0 aliphatic carbocycles. The highest BCUT2D eigenvalue weighted by Crippen LogP contribution is 2.29. The summed E-state index contributed by atoms with van der Waals surface area (Å²) >= 11 is 0. The summed E-state index contributed by atoms with van der Waals surface area (Å²) in [5, 5.41) is 0. The summed E-state index contributed by atoms with van der Waals surface area (Å²) in [5.41, 5.74) is 6.36. The van der Waals surface area contributed by atoms with Gasteiger partial charge < -0.3 is 9.47 Å². The largest absolute Gasteiger partial charge is 0.491 e. The van der Waals surface area contributed by atoms with Gasteiger partial charge in [0.1, 0.15) is 11.4 Å². The van der Waals surface area contributed by atoms with Crippen LogP contribution in [0.5, 0.6) is 11.6 Å². The van der Waals surface area contributed by atoms with Gasteiger partial charge in [0.2, 0.25) is 5.88 Å². The summed E-state index contributed by atoms with van der Waals surface area (Å²) in [6.45, 7) is 10.1. The fraction of sp³-hybridized carbons (Fsp3) is 0.280. The number of nitrogens with zero attached hydrogens (tertiary/aromatic N) is 3. The number of aryl methyl sites for hydroxylation is 1. The summed E-state index contributed by atoms with van der Waals surface area (Å²) in [5.74, 6) is 1.51. The molecular formula is C25H27N3O2. The molecule has 0 unspecified atom stereocenters. The average molecular weight is 402 g/mol. The van der Waals surface area contributed by atoms with Crippen LogP contribution < -0.4 is 9.47 Å². The fourth-order valence-corrected chi connectivity index (χ4v) is 3.46. The Balaban J connectivity index is 1.71. The molecule has 0 fully saturated rings. The molecule has 0 aliphatic rings. The van der Waals surface area contributed by atoms with Crippen molar-refractivity contribution >= 4 is 5.65 Å². The first-order valence-electron chi connectivity index (χ1n) is 10.3. The highest BCUT2D eigenvalue weighted by molar-refractivity contribution is 5.72. The van der Waals surface area contributed by atoms with E-state index < -0.39 is 0 Å². The molecular weight excluding hydrogens is 374 g/mol. The van der Waals surface area contributed by atoms with Crippen LogP contribution in [0, 0.1) is 6.92 Å². The fourth-order valence-electron chi connectivity index (χ4n) is 3.46. The Kier molecular flexibility index (Phi) is 5.44. The van der Waals surface area contributed by atoms with Crippen molar-refractivity contribution in [3.63, 3.8) is 0 Å². The quantitative estimate of drug-likeness (QED) is 0.401. The number of benzene rings is 1. The molecule has 4 rings (SSSR count). The molecule has 0 saturated heterocycles. The Hall–Kier alpha value is -3.34. The third kappa shape index (κ3) is 4.15. The number of hydrogen-bond acceptors (Lipinski definition) is 4. The van der Waals surface area contributed by atoms with Crippen LogP contribution in [0.15, 0.2) is 61.1 Å². The van der Waals surface area contributed by atoms with Crippen molar-refractivity contribution in [2.45, 2.75) is 46.8 Å². The van der Waals surface area contributed by atoms with E-state index in [2.05, 4.69) is 45.7 Å². The van der Waals surface area contributed by atoms with Crippen molar-refractivity contribution in [1.82, 2.24) is 14.4 Å². The predicted octanol–water partition coefficient (Wildman–Crippen LogP) is 5.95. The Morgan fingerprint density at radius 3 is 2.13 bits per heavy atom. The van der Waals surface area contributed by atoms with E-state index in [9.17, 15) is 0 Å². The highest BCUT2D eigenvalue weighted by atomic mass is 16.5. The van der Waals surface area contributed by atoms with E-state index in [1.807, 2.05) is 64.4 Å². The predicted molar refractivity (Wildman–Crippen MR) is 120 cm³/mol. The molecule has 1 aromatic carbocycles. The molecule has 5 heteroatoms. The van der Waals surface area contributed by atoms with Crippen LogP contribution in [0.4, 0.5) is 0 Å². The van der Waals surface area contributed by atoms with Gasteiger partial charge in [-0.25, -0.2) is 9.97 Å². The minimum absolute atomic E-state index is 0.104. The SMILES string of the molecule is Cc1cc2ncc(-c3ccc(OC(C)C)cc3)n2cc1-c1ccc(OC(C)C)nc1. The lowest BCUT2D eigenvalue weighted by Gasteiger charge is -2.12. The summed E-state index contributed by atoms with van der Waals surface area (Å²) in [4.78, 5) is 9.06. The van der Waals surface area contributed by atoms with Gasteiger partial charge in [-0.2, -0.15) is 0 Å². The minimum Gasteiger partial charge on any atom is -0.491 e. The molecule has 0 amide bonds. The number of fused-ring (bicyclic) bond motifs is 1. The summed E-state index contributed by atoms with van der Waals surface area (Å²) in [6, 6.07) is 14.2. The standard InChI is InChI=1S/C25H27N3O2/c1-16(2)29-21-9-6-19(7-10-21)23-14-26-24-12-18(5)22(15-28(23)24)20-8-11-25(27-13-20)30-17(3)4/h6-17H,1-5H3. The van der Waals surface area contributed by atoms with Crippen molar-refractivity contribution < 1.29 is 9.47 Å². The van der Waals surface area contributed by atoms with Crippen LogP contribution in [0.1, 0.15) is 33.3 Å². The smallest absolute Gasteiger partial charge is 0.213 e. The summed E-state index contributed by atoms with van der Waals surface area (Å²) in [7, 11) is 0. The summed E-state index contributed by atoms with van der Waals surface area (Å²) in [6.07, 6.45) is 6.16. The van der Waals surface area contributed by atoms with E-state index in [4.69, 9.17) is 9.47 Å². The van der Waals surface area contributed by atoms with Crippen LogP contribution in [-0.4, -0.2) is 26.6 Å². The number of imidazole rings is 1. The van der Waals surface area contributed by atoms with Crippen LogP contribution in [-0.2, 0) is 0 Å². The van der Waals surface area contributed by atoms with Crippen molar-refractivity contribution in [2.75, 3.05) is 0 Å². The molecule has 5 nitrogen and oxygen atoms in total. The monoisotopic (exact) mass is 401 g/mol. The van der Waals surface area contributed by atoms with E-state index >= 15 is 0 Å². The van der Waals surface area contributed by atoms with E-state index in [0.29, 0.717) is 5.88 Å². The van der Waals surface area contributed by atoms with E-state index in [1.165, 1.54) is 0 Å². The van der Waals surface area contributed by atoms with Gasteiger partial charge in [0.15, 0.2) is 0 Å². The maximum atomic E-state index is 5.76. The molecule has 0 aliphatic heterocycles. The van der Waals surface area contributed by atoms with Crippen LogP contribution in [0.25, 0.3) is 28.0 Å². The molecule has 3 heterocycles. The molecule has 0 atom stereocenters. The lowest BCUT2D eigenvalue weighted by atomic mass is 10.0. The Morgan fingerprint density at radius 2 is 1.50 bits per heavy atom. The number of pyridine rings is 2. The van der Waals surface area contributed by atoms with Gasteiger partial charge in [-0.1, -0.05) is 0 Å². The second-order valence-electron chi connectivity index (χ2n) is 7.98. The van der Waals surface area contributed by atoms with Crippen LogP contribution in [0.2, 0.25) is 0 Å². The molecule has 4 aromatic rings. The van der Waals surface area contributed by atoms with Gasteiger partial charge in [-0.15, -0.1) is 0 Å². The van der Waals surface area contributed by atoms with E-state index in [0.717, 1.165) is 39.3 Å². The van der Waals surface area contributed by atoms with Crippen molar-refractivity contribution in [3.8, 4) is 34.0 Å². The first kappa shape index (κ1) is 20.0. The number of aromatic nitrogens is 3. The Labute approximate surface area is 177 Å². The van der Waals surface area contributed by atoms with Gasteiger partial charge in [0.25, 0.3) is 0 Å². The molecule has 0 bridgehead atoms. The zero-order chi connectivity index (χ0) is 21.3. The number of ether oxygens (including phenoxy) is 2. The lowest BCUT2D eigenvalue weighted by molar-refractivity contribution is 0.232. The summed E-state index contributed by atoms with van der Waals surface area (Å²) < 4.78 is 13.6. The van der Waals surface area contributed by atoms with Gasteiger partial charge >= 0.3 is 0 Å². The lowest BCUT2D eigenvalue weighted by Crippen LogP contribution is -2.06. The van der Waals surface area contributed by atoms with E-state index in [-0.39, 0.29) is 12.2 Å². The van der Waals surface area contributed by atoms with E-state index in [1.54, 1.807) is 0 Å². The third-order valence-electron chi connectivity index (χ3n) is 4.78. The second kappa shape index (κ2) is 8.19. The first-order chi connectivity index (χ1) is 14.4. The zero-order valence-electron chi connectivity index (χ0n) is 18.1. The maximum absolute atomic E-state index is 5.76. The van der Waals surface area contributed by atoms with Gasteiger partial charge in [0, 0.05) is 35.2 Å². The Morgan fingerprint density at radius 1 is 0.800 bits per heavy atom. The average Bonchev–Trinajstić information content (AvgIpc) is 3.10. The first-order valence-corrected chi connectivity index (χ1v) is 10.3. The molecule has 0 saturated carbocycles. The normalized spacial score (nSPS) is 11.4. The van der Waals surface area contributed by atoms with Crippen molar-refractivity contribution in [1.29, 1.82) is 0 Å². The van der Waals surface area contributed by atoms with Gasteiger partial charge in [-0.05, 0) is 76.6 Å². The molecule has 0 N–H and O–H groups in total. The number of rotatable bonds is 6. The molecule has 154 valence electrons. The second-order valence-corrected chi connectivity index (χ2v) is 7.98. The molecule has 0 radical (unpaired) electrons. The molecule has 30 heavy (non-hydrogen) atoms. The number of hydrogen-bond donors (Lipinski definition) is 0. The van der Waals surface area contributed by atoms with Crippen molar-refractivity contribution in [2.24, 2.45) is 0 Å². The van der Waals surface area contributed by atoms with Crippen LogP contribution >= 0.6 is 0 Å². The Bertz CT molecular complexity index is 1140. The highest BCUT2D eigenvalue weighted by Gasteiger charge is 2.11. The molecule has 3 aromatic heterocycles. The minimum atomic E-state index is 0.104. The zero-order valence-corrected chi connectivity index (χ0v) is 18.1.